The van der Waals surface area contributed by atoms with Crippen molar-refractivity contribution in [3.05, 3.63) is 41.6 Å². The lowest BCUT2D eigenvalue weighted by Gasteiger charge is -2.13. The van der Waals surface area contributed by atoms with E-state index in [0.29, 0.717) is 13.0 Å². The van der Waals surface area contributed by atoms with Crippen molar-refractivity contribution in [1.82, 2.24) is 10.6 Å². The predicted molar refractivity (Wildman–Crippen MR) is 89.2 cm³/mol. The number of nitrogens with one attached hydrogen (secondary N) is 2. The fraction of sp³-hybridized carbons (Fsp3) is 0.438. The molecule has 23 heavy (non-hydrogen) atoms. The summed E-state index contributed by atoms with van der Waals surface area (Å²) in [7, 11) is -3.66. The lowest BCUT2D eigenvalue weighted by molar-refractivity contribution is 0.244. The Morgan fingerprint density at radius 3 is 2.39 bits per heavy atom. The average molecular weight is 337 g/mol. The van der Waals surface area contributed by atoms with Crippen LogP contribution in [0.25, 0.3) is 0 Å². The Bertz CT molecular complexity index is 658. The zero-order valence-corrected chi connectivity index (χ0v) is 13.9. The van der Waals surface area contributed by atoms with E-state index in [4.69, 9.17) is 5.14 Å². The van der Waals surface area contributed by atoms with E-state index in [2.05, 4.69) is 10.6 Å². The van der Waals surface area contributed by atoms with Crippen LogP contribution < -0.4 is 15.8 Å². The summed E-state index contributed by atoms with van der Waals surface area (Å²) in [6.07, 6.45) is 8.23. The maximum Gasteiger partial charge on any atom is 0.318 e. The van der Waals surface area contributed by atoms with Crippen LogP contribution >= 0.6 is 0 Å². The molecule has 0 aromatic heterocycles. The smallest absolute Gasteiger partial charge is 0.318 e. The van der Waals surface area contributed by atoms with Crippen LogP contribution in [0.15, 0.2) is 40.9 Å². The summed E-state index contributed by atoms with van der Waals surface area (Å²) in [6, 6.07) is 6.12. The molecule has 1 fully saturated rings. The first kappa shape index (κ1) is 17.5. The summed E-state index contributed by atoms with van der Waals surface area (Å²) in [6.45, 7) is 0.476. The fourth-order valence-electron chi connectivity index (χ4n) is 2.54. The van der Waals surface area contributed by atoms with Crippen LogP contribution in [0, 0.1) is 0 Å². The van der Waals surface area contributed by atoms with E-state index in [1.165, 1.54) is 37.0 Å². The number of allylic oxidation sites excluding steroid dienone is 1. The minimum Gasteiger partial charge on any atom is -0.338 e. The topological polar surface area (TPSA) is 101 Å². The van der Waals surface area contributed by atoms with Crippen molar-refractivity contribution < 1.29 is 13.2 Å². The van der Waals surface area contributed by atoms with Crippen LogP contribution in [0.4, 0.5) is 4.79 Å². The summed E-state index contributed by atoms with van der Waals surface area (Å²) in [5.41, 5.74) is 2.23. The first-order chi connectivity index (χ1) is 10.9. The van der Waals surface area contributed by atoms with E-state index >= 15 is 0 Å². The molecule has 2 rings (SSSR count). The minimum atomic E-state index is -3.66. The van der Waals surface area contributed by atoms with E-state index in [9.17, 15) is 13.2 Å². The zero-order chi connectivity index (χ0) is 16.7. The molecule has 126 valence electrons. The van der Waals surface area contributed by atoms with Crippen molar-refractivity contribution in [2.75, 3.05) is 6.54 Å². The molecule has 2 amide bonds. The van der Waals surface area contributed by atoms with Crippen LogP contribution in [-0.4, -0.2) is 21.0 Å². The Balaban J connectivity index is 1.73. The van der Waals surface area contributed by atoms with Gasteiger partial charge in [-0.25, -0.2) is 18.4 Å². The second kappa shape index (κ2) is 8.12. The fourth-order valence-corrected chi connectivity index (χ4v) is 3.05. The van der Waals surface area contributed by atoms with Gasteiger partial charge in [0.2, 0.25) is 10.0 Å². The number of hydrogen-bond donors (Lipinski definition) is 3. The Labute approximate surface area is 137 Å². The highest BCUT2D eigenvalue weighted by Crippen LogP contribution is 2.21. The number of primary sulfonamides is 1. The van der Waals surface area contributed by atoms with Gasteiger partial charge in [-0.2, -0.15) is 0 Å². The van der Waals surface area contributed by atoms with Gasteiger partial charge >= 0.3 is 6.03 Å². The van der Waals surface area contributed by atoms with Crippen molar-refractivity contribution >= 4 is 16.1 Å². The molecule has 4 N–H and O–H groups in total. The van der Waals surface area contributed by atoms with Gasteiger partial charge in [0.05, 0.1) is 4.90 Å². The largest absolute Gasteiger partial charge is 0.338 e. The van der Waals surface area contributed by atoms with Crippen molar-refractivity contribution in [2.45, 2.75) is 43.4 Å². The van der Waals surface area contributed by atoms with Crippen LogP contribution in [-0.2, 0) is 16.4 Å². The van der Waals surface area contributed by atoms with Gasteiger partial charge in [-0.3, -0.25) is 0 Å². The second-order valence-electron chi connectivity index (χ2n) is 5.70. The SMILES string of the molecule is NS(=O)(=O)c1ccc(CCNC(=O)NC=C2CCCCC2)cc1. The summed E-state index contributed by atoms with van der Waals surface area (Å²) in [5, 5.41) is 10.6. The number of carbonyl (C=O) groups excluding carboxylic acids is 1. The van der Waals surface area contributed by atoms with Crippen LogP contribution in [0.3, 0.4) is 0 Å². The van der Waals surface area contributed by atoms with Crippen molar-refractivity contribution in [2.24, 2.45) is 5.14 Å². The highest BCUT2D eigenvalue weighted by molar-refractivity contribution is 7.89. The number of rotatable bonds is 5. The molecule has 0 bridgehead atoms. The van der Waals surface area contributed by atoms with Gasteiger partial charge in [0.15, 0.2) is 0 Å². The summed E-state index contributed by atoms with van der Waals surface area (Å²) in [5.74, 6) is 0. The van der Waals surface area contributed by atoms with Crippen molar-refractivity contribution in [3.8, 4) is 0 Å². The molecule has 0 atom stereocenters. The first-order valence-corrected chi connectivity index (χ1v) is 9.34. The summed E-state index contributed by atoms with van der Waals surface area (Å²) < 4.78 is 22.3. The molecule has 1 saturated carbocycles. The number of urea groups is 1. The lowest BCUT2D eigenvalue weighted by Crippen LogP contribution is -2.33. The monoisotopic (exact) mass is 337 g/mol. The Morgan fingerprint density at radius 1 is 1.13 bits per heavy atom. The Kier molecular flexibility index (Phi) is 6.18. The third-order valence-electron chi connectivity index (χ3n) is 3.85. The molecule has 0 radical (unpaired) electrons. The number of sulfonamides is 1. The minimum absolute atomic E-state index is 0.0889. The average Bonchev–Trinajstić information content (AvgIpc) is 2.53. The van der Waals surface area contributed by atoms with Crippen molar-refractivity contribution in [1.29, 1.82) is 0 Å². The molecule has 0 saturated heterocycles. The standard InChI is InChI=1S/C16H23N3O3S/c17-23(21,22)15-8-6-13(7-9-15)10-11-18-16(20)19-12-14-4-2-1-3-5-14/h6-9,12H,1-5,10-11H2,(H2,17,21,22)(H2,18,19,20). The maximum absolute atomic E-state index is 11.7. The number of amides is 2. The first-order valence-electron chi connectivity index (χ1n) is 7.79. The molecule has 1 aromatic carbocycles. The molecule has 0 aliphatic heterocycles. The van der Waals surface area contributed by atoms with Crippen LogP contribution in [0.5, 0.6) is 0 Å². The molecule has 6 nitrogen and oxygen atoms in total. The van der Waals surface area contributed by atoms with Gasteiger partial charge in [0.25, 0.3) is 0 Å². The Morgan fingerprint density at radius 2 is 1.78 bits per heavy atom. The normalized spacial score (nSPS) is 15.1. The van der Waals surface area contributed by atoms with Crippen LogP contribution in [0.2, 0.25) is 0 Å². The quantitative estimate of drug-likeness (QED) is 0.766. The molecule has 0 heterocycles. The van der Waals surface area contributed by atoms with Gasteiger partial charge in [-0.05, 0) is 49.8 Å². The third-order valence-corrected chi connectivity index (χ3v) is 4.78. The molecular weight excluding hydrogens is 314 g/mol. The number of benzene rings is 1. The Hall–Kier alpha value is -1.86. The van der Waals surface area contributed by atoms with Gasteiger partial charge in [0.1, 0.15) is 0 Å². The van der Waals surface area contributed by atoms with Gasteiger partial charge in [-0.1, -0.05) is 24.1 Å². The highest BCUT2D eigenvalue weighted by Gasteiger charge is 2.07. The number of carbonyl (C=O) groups is 1. The molecular formula is C16H23N3O3S. The highest BCUT2D eigenvalue weighted by atomic mass is 32.2. The molecule has 0 spiro atoms. The lowest BCUT2D eigenvalue weighted by atomic mass is 9.96. The van der Waals surface area contributed by atoms with Gasteiger partial charge in [-0.15, -0.1) is 0 Å². The molecule has 1 aromatic rings. The molecule has 0 unspecified atom stereocenters. The van der Waals surface area contributed by atoms with E-state index in [0.717, 1.165) is 18.4 Å². The summed E-state index contributed by atoms with van der Waals surface area (Å²) in [4.78, 5) is 11.8. The summed E-state index contributed by atoms with van der Waals surface area (Å²) >= 11 is 0. The molecule has 1 aliphatic carbocycles. The van der Waals surface area contributed by atoms with Crippen LogP contribution in [0.1, 0.15) is 37.7 Å². The molecule has 7 heteroatoms. The zero-order valence-electron chi connectivity index (χ0n) is 13.0. The van der Waals surface area contributed by atoms with Gasteiger partial charge < -0.3 is 10.6 Å². The predicted octanol–water partition coefficient (Wildman–Crippen LogP) is 2.02. The van der Waals surface area contributed by atoms with Gasteiger partial charge in [0, 0.05) is 12.7 Å². The third kappa shape index (κ3) is 6.03. The number of nitrogens with two attached hydrogens (primary N) is 1. The van der Waals surface area contributed by atoms with E-state index in [1.54, 1.807) is 12.1 Å². The van der Waals surface area contributed by atoms with E-state index < -0.39 is 10.0 Å². The second-order valence-corrected chi connectivity index (χ2v) is 7.26. The molecule has 1 aliphatic rings. The number of hydrogen-bond acceptors (Lipinski definition) is 3. The van der Waals surface area contributed by atoms with E-state index in [1.807, 2.05) is 6.20 Å². The van der Waals surface area contributed by atoms with Crippen molar-refractivity contribution in [3.63, 3.8) is 0 Å². The van der Waals surface area contributed by atoms with E-state index in [-0.39, 0.29) is 10.9 Å². The maximum atomic E-state index is 11.7.